The highest BCUT2D eigenvalue weighted by Crippen LogP contribution is 2.44. The summed E-state index contributed by atoms with van der Waals surface area (Å²) in [6, 6.07) is 31.9. The number of methoxy groups -OCH3 is 1. The van der Waals surface area contributed by atoms with Gasteiger partial charge in [-0.15, -0.1) is 0 Å². The van der Waals surface area contributed by atoms with Crippen LogP contribution in [0.1, 0.15) is 22.7 Å². The zero-order valence-electron chi connectivity index (χ0n) is 19.9. The van der Waals surface area contributed by atoms with Gasteiger partial charge in [0.1, 0.15) is 36.5 Å². The lowest BCUT2D eigenvalue weighted by Crippen LogP contribution is -2.59. The van der Waals surface area contributed by atoms with Crippen molar-refractivity contribution in [1.29, 1.82) is 0 Å². The quantitative estimate of drug-likeness (QED) is 0.329. The molecule has 1 heterocycles. The highest BCUT2D eigenvalue weighted by atomic mass is 16.5. The van der Waals surface area contributed by atoms with Crippen LogP contribution in [0.3, 0.4) is 0 Å². The van der Waals surface area contributed by atoms with Crippen molar-refractivity contribution in [3.05, 3.63) is 120 Å². The van der Waals surface area contributed by atoms with Gasteiger partial charge in [-0.05, 0) is 47.5 Å². The molecule has 0 spiro atoms. The second kappa shape index (κ2) is 10.5. The summed E-state index contributed by atoms with van der Waals surface area (Å²) in [6.45, 7) is 0.760. The number of ether oxygens (including phenoxy) is 3. The van der Waals surface area contributed by atoms with Crippen LogP contribution in [0.4, 0.5) is 5.69 Å². The van der Waals surface area contributed by atoms with E-state index in [0.717, 1.165) is 11.1 Å². The van der Waals surface area contributed by atoms with Crippen molar-refractivity contribution in [2.24, 2.45) is 0 Å². The summed E-state index contributed by atoms with van der Waals surface area (Å²) in [4.78, 5) is 14.3. The normalized spacial score (nSPS) is 16.8. The Hall–Kier alpha value is -4.29. The lowest BCUT2D eigenvalue weighted by atomic mass is 9.89. The van der Waals surface area contributed by atoms with Crippen molar-refractivity contribution in [1.82, 2.24) is 0 Å². The summed E-state index contributed by atoms with van der Waals surface area (Å²) < 4.78 is 17.5. The molecule has 0 aromatic heterocycles. The van der Waals surface area contributed by atoms with E-state index in [1.165, 1.54) is 0 Å². The molecule has 0 saturated carbocycles. The van der Waals surface area contributed by atoms with Crippen LogP contribution >= 0.6 is 0 Å². The number of hydrogen-bond donors (Lipinski definition) is 1. The molecule has 1 amide bonds. The van der Waals surface area contributed by atoms with Crippen LogP contribution in [0.15, 0.2) is 103 Å². The zero-order valence-corrected chi connectivity index (χ0v) is 19.9. The van der Waals surface area contributed by atoms with Gasteiger partial charge in [-0.25, -0.2) is 0 Å². The van der Waals surface area contributed by atoms with Gasteiger partial charge in [0.15, 0.2) is 6.10 Å². The number of β-lactam (4-membered cyclic amide) rings is 1. The Labute approximate surface area is 210 Å². The smallest absolute Gasteiger partial charge is 0.259 e. The summed E-state index contributed by atoms with van der Waals surface area (Å²) in [7, 11) is 1.59. The predicted molar refractivity (Wildman–Crippen MR) is 137 cm³/mol. The summed E-state index contributed by atoms with van der Waals surface area (Å²) in [5.41, 5.74) is 3.45. The monoisotopic (exact) mass is 481 g/mol. The van der Waals surface area contributed by atoms with Crippen molar-refractivity contribution in [3.8, 4) is 17.2 Å². The van der Waals surface area contributed by atoms with Crippen LogP contribution in [0.5, 0.6) is 17.2 Å². The number of carbonyl (C=O) groups is 1. The zero-order chi connectivity index (χ0) is 24.9. The first kappa shape index (κ1) is 23.5. The van der Waals surface area contributed by atoms with Gasteiger partial charge in [0.2, 0.25) is 0 Å². The summed E-state index contributed by atoms with van der Waals surface area (Å²) >= 11 is 0. The molecule has 5 rings (SSSR count). The molecule has 0 aliphatic carbocycles. The number of aliphatic hydroxyl groups is 1. The van der Waals surface area contributed by atoms with E-state index in [-0.39, 0.29) is 5.91 Å². The molecule has 1 N–H and O–H groups in total. The van der Waals surface area contributed by atoms with E-state index in [1.807, 2.05) is 78.9 Å². The van der Waals surface area contributed by atoms with E-state index in [0.29, 0.717) is 41.7 Å². The molecular formula is C30H27NO5. The fraction of sp³-hybridized carbons (Fsp3) is 0.167. The van der Waals surface area contributed by atoms with E-state index < -0.39 is 12.1 Å². The Bertz CT molecular complexity index is 1310. The second-order valence-corrected chi connectivity index (χ2v) is 8.54. The van der Waals surface area contributed by atoms with Gasteiger partial charge in [-0.3, -0.25) is 9.69 Å². The van der Waals surface area contributed by atoms with E-state index in [9.17, 15) is 9.90 Å². The molecule has 182 valence electrons. The average molecular weight is 482 g/mol. The Morgan fingerprint density at radius 1 is 0.750 bits per heavy atom. The van der Waals surface area contributed by atoms with Gasteiger partial charge in [0.25, 0.3) is 5.91 Å². The molecule has 4 aromatic carbocycles. The van der Waals surface area contributed by atoms with E-state index in [2.05, 4.69) is 0 Å². The number of aliphatic hydroxyl groups excluding tert-OH is 1. The van der Waals surface area contributed by atoms with Crippen molar-refractivity contribution in [3.63, 3.8) is 0 Å². The summed E-state index contributed by atoms with van der Waals surface area (Å²) in [5.74, 6) is 1.53. The van der Waals surface area contributed by atoms with Crippen LogP contribution < -0.4 is 19.1 Å². The number of rotatable bonds is 9. The SMILES string of the molecule is COc1ccc(N2C(=O)[C@@H](O)[C@H]2c2ccc(OCc3ccccc3)cc2OCc2ccccc2)cc1. The molecule has 1 fully saturated rings. The molecular weight excluding hydrogens is 454 g/mol. The van der Waals surface area contributed by atoms with Crippen LogP contribution in [0, 0.1) is 0 Å². The maximum absolute atomic E-state index is 12.7. The minimum absolute atomic E-state index is 0.343. The van der Waals surface area contributed by atoms with Gasteiger partial charge in [0, 0.05) is 17.3 Å². The van der Waals surface area contributed by atoms with Crippen molar-refractivity contribution < 1.29 is 24.1 Å². The Morgan fingerprint density at radius 2 is 1.33 bits per heavy atom. The van der Waals surface area contributed by atoms with E-state index in [1.54, 1.807) is 36.3 Å². The van der Waals surface area contributed by atoms with Crippen molar-refractivity contribution >= 4 is 11.6 Å². The largest absolute Gasteiger partial charge is 0.497 e. The third-order valence-electron chi connectivity index (χ3n) is 6.21. The number of amides is 1. The fourth-order valence-electron chi connectivity index (χ4n) is 4.26. The summed E-state index contributed by atoms with van der Waals surface area (Å²) in [5, 5.41) is 10.7. The molecule has 1 saturated heterocycles. The molecule has 1 aliphatic heterocycles. The molecule has 0 radical (unpaired) electrons. The molecule has 6 nitrogen and oxygen atoms in total. The third kappa shape index (κ3) is 4.90. The number of benzene rings is 4. The third-order valence-corrected chi connectivity index (χ3v) is 6.21. The predicted octanol–water partition coefficient (Wildman–Crippen LogP) is 5.30. The first-order valence-corrected chi connectivity index (χ1v) is 11.8. The maximum atomic E-state index is 12.7. The van der Waals surface area contributed by atoms with Gasteiger partial charge in [0.05, 0.1) is 7.11 Å². The second-order valence-electron chi connectivity index (χ2n) is 8.54. The van der Waals surface area contributed by atoms with Crippen LogP contribution in [-0.4, -0.2) is 24.2 Å². The van der Waals surface area contributed by atoms with Crippen molar-refractivity contribution in [2.75, 3.05) is 12.0 Å². The first-order valence-electron chi connectivity index (χ1n) is 11.8. The molecule has 6 heteroatoms. The van der Waals surface area contributed by atoms with Crippen LogP contribution in [0.25, 0.3) is 0 Å². The summed E-state index contributed by atoms with van der Waals surface area (Å²) in [6.07, 6.45) is -1.16. The van der Waals surface area contributed by atoms with Gasteiger partial charge >= 0.3 is 0 Å². The topological polar surface area (TPSA) is 68.2 Å². The molecule has 0 unspecified atom stereocenters. The first-order chi connectivity index (χ1) is 17.6. The van der Waals surface area contributed by atoms with Gasteiger partial charge < -0.3 is 19.3 Å². The standard InChI is InChI=1S/C30H27NO5/c1-34-24-14-12-23(13-15-24)31-28(29(32)30(31)33)26-17-16-25(35-19-21-8-4-2-5-9-21)18-27(26)36-20-22-10-6-3-7-11-22/h2-18,28-29,32H,19-20H2,1H3/t28-,29+/m1/s1. The molecule has 2 atom stereocenters. The van der Waals surface area contributed by atoms with E-state index >= 15 is 0 Å². The van der Waals surface area contributed by atoms with Crippen LogP contribution in [0.2, 0.25) is 0 Å². The maximum Gasteiger partial charge on any atom is 0.259 e. The Kier molecular flexibility index (Phi) is 6.87. The number of carbonyl (C=O) groups excluding carboxylic acids is 1. The molecule has 1 aliphatic rings. The fourth-order valence-corrected chi connectivity index (χ4v) is 4.26. The number of nitrogens with zero attached hydrogens (tertiary/aromatic N) is 1. The lowest BCUT2D eigenvalue weighted by molar-refractivity contribution is -0.137. The Balaban J connectivity index is 1.44. The number of anilines is 1. The van der Waals surface area contributed by atoms with Crippen molar-refractivity contribution in [2.45, 2.75) is 25.4 Å². The van der Waals surface area contributed by atoms with Gasteiger partial charge in [-0.1, -0.05) is 60.7 Å². The van der Waals surface area contributed by atoms with Crippen LogP contribution in [-0.2, 0) is 18.0 Å². The van der Waals surface area contributed by atoms with E-state index in [4.69, 9.17) is 14.2 Å². The Morgan fingerprint density at radius 3 is 1.94 bits per heavy atom. The lowest BCUT2D eigenvalue weighted by Gasteiger charge is -2.45. The highest BCUT2D eigenvalue weighted by Gasteiger charge is 2.49. The highest BCUT2D eigenvalue weighted by molar-refractivity contribution is 6.05. The molecule has 0 bridgehead atoms. The minimum Gasteiger partial charge on any atom is -0.497 e. The molecule has 36 heavy (non-hydrogen) atoms. The minimum atomic E-state index is -1.16. The van der Waals surface area contributed by atoms with Gasteiger partial charge in [-0.2, -0.15) is 0 Å². The molecule has 4 aromatic rings. The number of hydrogen-bond acceptors (Lipinski definition) is 5. The average Bonchev–Trinajstić information content (AvgIpc) is 2.94.